The molecule has 0 radical (unpaired) electrons. The second kappa shape index (κ2) is 5.95. The molecule has 1 aromatic carbocycles. The highest BCUT2D eigenvalue weighted by Crippen LogP contribution is 2.32. The highest BCUT2D eigenvalue weighted by Gasteiger charge is 2.26. The summed E-state index contributed by atoms with van der Waals surface area (Å²) in [6.07, 6.45) is 2.82. The maximum Gasteiger partial charge on any atom is 0.107 e. The molecule has 110 valence electrons. The van der Waals surface area contributed by atoms with Crippen LogP contribution in [0, 0.1) is 0 Å². The van der Waals surface area contributed by atoms with Crippen LogP contribution in [0.4, 0.5) is 5.69 Å². The number of rotatable bonds is 3. The van der Waals surface area contributed by atoms with E-state index in [0.717, 1.165) is 48.3 Å². The van der Waals surface area contributed by atoms with Gasteiger partial charge in [0.2, 0.25) is 0 Å². The minimum atomic E-state index is 0.345. The third-order valence-electron chi connectivity index (χ3n) is 4.00. The largest absolute Gasteiger partial charge is 0.389 e. The molecule has 1 fully saturated rings. The van der Waals surface area contributed by atoms with E-state index >= 15 is 0 Å². The molecule has 3 rings (SSSR count). The van der Waals surface area contributed by atoms with Gasteiger partial charge in [0.25, 0.3) is 0 Å². The zero-order valence-electron chi connectivity index (χ0n) is 12.1. The summed E-state index contributed by atoms with van der Waals surface area (Å²) in [5.74, 6) is 0. The number of pyridine rings is 1. The summed E-state index contributed by atoms with van der Waals surface area (Å²) >= 11 is 5.24. The Bertz CT molecular complexity index is 674. The smallest absolute Gasteiger partial charge is 0.107 e. The molecule has 0 amide bonds. The first-order valence-corrected chi connectivity index (χ1v) is 7.65. The number of hydrogen-bond donors (Lipinski definition) is 1. The van der Waals surface area contributed by atoms with E-state index < -0.39 is 0 Å². The molecule has 0 saturated carbocycles. The van der Waals surface area contributed by atoms with Crippen LogP contribution < -0.4 is 10.6 Å². The van der Waals surface area contributed by atoms with E-state index in [1.54, 1.807) is 6.20 Å². The molecule has 1 unspecified atom stereocenters. The van der Waals surface area contributed by atoms with Crippen LogP contribution in [0.1, 0.15) is 18.9 Å². The zero-order valence-corrected chi connectivity index (χ0v) is 12.9. The van der Waals surface area contributed by atoms with Gasteiger partial charge in [0.05, 0.1) is 36.0 Å². The summed E-state index contributed by atoms with van der Waals surface area (Å²) in [6, 6.07) is 8.47. The van der Waals surface area contributed by atoms with Crippen molar-refractivity contribution in [2.75, 3.05) is 24.7 Å². The fraction of sp³-hybridized carbons (Fsp3) is 0.375. The Kier molecular flexibility index (Phi) is 4.03. The van der Waals surface area contributed by atoms with Crippen LogP contribution in [0.5, 0.6) is 0 Å². The van der Waals surface area contributed by atoms with Gasteiger partial charge in [-0.25, -0.2) is 0 Å². The molecule has 1 atom stereocenters. The Balaban J connectivity index is 2.22. The molecule has 1 saturated heterocycles. The number of morpholine rings is 1. The van der Waals surface area contributed by atoms with Crippen molar-refractivity contribution in [3.63, 3.8) is 0 Å². The van der Waals surface area contributed by atoms with E-state index in [4.69, 9.17) is 22.7 Å². The fourth-order valence-corrected chi connectivity index (χ4v) is 3.05. The van der Waals surface area contributed by atoms with Crippen LogP contribution in [-0.4, -0.2) is 35.8 Å². The van der Waals surface area contributed by atoms with Crippen molar-refractivity contribution in [2.24, 2.45) is 5.73 Å². The van der Waals surface area contributed by atoms with Gasteiger partial charge < -0.3 is 15.4 Å². The Morgan fingerprint density at radius 1 is 1.48 bits per heavy atom. The second-order valence-corrected chi connectivity index (χ2v) is 5.67. The minimum absolute atomic E-state index is 0.345. The number of benzene rings is 1. The first-order chi connectivity index (χ1) is 10.2. The molecule has 2 N–H and O–H groups in total. The number of nitrogens with two attached hydrogens (primary N) is 1. The van der Waals surface area contributed by atoms with Crippen molar-refractivity contribution in [3.05, 3.63) is 36.0 Å². The van der Waals surface area contributed by atoms with Crippen molar-refractivity contribution in [1.82, 2.24) is 4.98 Å². The molecule has 5 heteroatoms. The molecule has 1 aromatic heterocycles. The number of anilines is 1. The predicted molar refractivity (Wildman–Crippen MR) is 89.9 cm³/mol. The van der Waals surface area contributed by atoms with Crippen LogP contribution in [0.25, 0.3) is 10.9 Å². The summed E-state index contributed by atoms with van der Waals surface area (Å²) < 4.78 is 5.62. The van der Waals surface area contributed by atoms with Crippen LogP contribution in [0.3, 0.4) is 0 Å². The first kappa shape index (κ1) is 14.2. The van der Waals surface area contributed by atoms with Crippen molar-refractivity contribution in [2.45, 2.75) is 19.4 Å². The van der Waals surface area contributed by atoms with E-state index in [2.05, 4.69) is 22.9 Å². The minimum Gasteiger partial charge on any atom is -0.389 e. The van der Waals surface area contributed by atoms with E-state index in [0.29, 0.717) is 11.0 Å². The molecular formula is C16H19N3OS. The number of ether oxygens (including phenoxy) is 1. The number of nitrogens with zero attached hydrogens (tertiary/aromatic N) is 2. The van der Waals surface area contributed by atoms with Gasteiger partial charge in [0.15, 0.2) is 0 Å². The van der Waals surface area contributed by atoms with Gasteiger partial charge in [-0.1, -0.05) is 37.3 Å². The Hall–Kier alpha value is -1.72. The van der Waals surface area contributed by atoms with Crippen molar-refractivity contribution < 1.29 is 4.74 Å². The Morgan fingerprint density at radius 2 is 2.29 bits per heavy atom. The van der Waals surface area contributed by atoms with Gasteiger partial charge in [-0.15, -0.1) is 0 Å². The molecule has 2 aromatic rings. The third kappa shape index (κ3) is 2.59. The van der Waals surface area contributed by atoms with Gasteiger partial charge in [-0.3, -0.25) is 4.98 Å². The topological polar surface area (TPSA) is 51.4 Å². The molecule has 0 spiro atoms. The van der Waals surface area contributed by atoms with Crippen LogP contribution >= 0.6 is 12.2 Å². The van der Waals surface area contributed by atoms with E-state index in [1.165, 1.54) is 0 Å². The zero-order chi connectivity index (χ0) is 14.8. The lowest BCUT2D eigenvalue weighted by Gasteiger charge is -2.38. The average molecular weight is 301 g/mol. The molecule has 1 aliphatic rings. The fourth-order valence-electron chi connectivity index (χ4n) is 2.90. The monoisotopic (exact) mass is 301 g/mol. The van der Waals surface area contributed by atoms with Crippen molar-refractivity contribution in [1.29, 1.82) is 0 Å². The lowest BCUT2D eigenvalue weighted by Crippen LogP contribution is -2.46. The molecule has 2 heterocycles. The Morgan fingerprint density at radius 3 is 3.05 bits per heavy atom. The molecule has 0 aliphatic carbocycles. The lowest BCUT2D eigenvalue weighted by molar-refractivity contribution is 0.0931. The predicted octanol–water partition coefficient (Wildman–Crippen LogP) is 2.48. The van der Waals surface area contributed by atoms with Crippen LogP contribution in [0.2, 0.25) is 0 Å². The first-order valence-electron chi connectivity index (χ1n) is 7.24. The maximum atomic E-state index is 5.93. The van der Waals surface area contributed by atoms with Gasteiger partial charge in [0.1, 0.15) is 4.99 Å². The molecular weight excluding hydrogens is 282 g/mol. The van der Waals surface area contributed by atoms with Crippen molar-refractivity contribution in [3.8, 4) is 0 Å². The van der Waals surface area contributed by atoms with E-state index in [9.17, 15) is 0 Å². The van der Waals surface area contributed by atoms with Gasteiger partial charge >= 0.3 is 0 Å². The SMILES string of the molecule is CCC1COCCN1c1c(C(N)=S)cnc2ccccc12. The summed E-state index contributed by atoms with van der Waals surface area (Å²) in [4.78, 5) is 7.25. The molecule has 1 aliphatic heterocycles. The number of aromatic nitrogens is 1. The summed E-state index contributed by atoms with van der Waals surface area (Å²) in [6.45, 7) is 4.49. The number of fused-ring (bicyclic) bond motifs is 1. The highest BCUT2D eigenvalue weighted by molar-refractivity contribution is 7.80. The number of hydrogen-bond acceptors (Lipinski definition) is 4. The molecule has 4 nitrogen and oxygen atoms in total. The molecule has 0 bridgehead atoms. The number of thiocarbonyl (C=S) groups is 1. The number of para-hydroxylation sites is 1. The molecule has 21 heavy (non-hydrogen) atoms. The van der Waals surface area contributed by atoms with Crippen LogP contribution in [-0.2, 0) is 4.74 Å². The normalized spacial score (nSPS) is 18.9. The quantitative estimate of drug-likeness (QED) is 0.883. The average Bonchev–Trinajstić information content (AvgIpc) is 2.53. The summed E-state index contributed by atoms with van der Waals surface area (Å²) in [7, 11) is 0. The van der Waals surface area contributed by atoms with E-state index in [1.807, 2.05) is 18.2 Å². The summed E-state index contributed by atoms with van der Waals surface area (Å²) in [5.41, 5.74) is 8.85. The summed E-state index contributed by atoms with van der Waals surface area (Å²) in [5, 5.41) is 1.10. The van der Waals surface area contributed by atoms with Crippen molar-refractivity contribution >= 4 is 33.8 Å². The Labute approximate surface area is 129 Å². The highest BCUT2D eigenvalue weighted by atomic mass is 32.1. The van der Waals surface area contributed by atoms with Crippen LogP contribution in [0.15, 0.2) is 30.5 Å². The van der Waals surface area contributed by atoms with Gasteiger partial charge in [-0.2, -0.15) is 0 Å². The maximum absolute atomic E-state index is 5.93. The van der Waals surface area contributed by atoms with E-state index in [-0.39, 0.29) is 0 Å². The van der Waals surface area contributed by atoms with Gasteiger partial charge in [-0.05, 0) is 12.5 Å². The lowest BCUT2D eigenvalue weighted by atomic mass is 10.0. The second-order valence-electron chi connectivity index (χ2n) is 5.23. The third-order valence-corrected chi connectivity index (χ3v) is 4.22. The van der Waals surface area contributed by atoms with Gasteiger partial charge in [0, 0.05) is 18.1 Å². The standard InChI is InChI=1S/C16H19N3OS/c1-2-11-10-20-8-7-19(11)15-12-5-3-4-6-14(12)18-9-13(15)16(17)21/h3-6,9,11H,2,7-8,10H2,1H3,(H2,17,21).